The van der Waals surface area contributed by atoms with Gasteiger partial charge in [0, 0.05) is 12.5 Å². The van der Waals surface area contributed by atoms with Crippen LogP contribution in [0.25, 0.3) is 6.08 Å². The fourth-order valence-corrected chi connectivity index (χ4v) is 1.96. The quantitative estimate of drug-likeness (QED) is 0.441. The second kappa shape index (κ2) is 8.57. The van der Waals surface area contributed by atoms with Gasteiger partial charge in [0.2, 0.25) is 0 Å². The molecule has 1 aromatic carbocycles. The number of hydrogen-bond acceptors (Lipinski definition) is 6. The van der Waals surface area contributed by atoms with Crippen molar-refractivity contribution in [3.05, 3.63) is 54.0 Å². The van der Waals surface area contributed by atoms with Crippen molar-refractivity contribution in [2.24, 2.45) is 0 Å². The maximum Gasteiger partial charge on any atom is 0.330 e. The first-order chi connectivity index (χ1) is 11.6. The van der Waals surface area contributed by atoms with E-state index in [2.05, 4.69) is 4.74 Å². The summed E-state index contributed by atoms with van der Waals surface area (Å²) in [5.41, 5.74) is 0.715. The number of rotatable bonds is 7. The van der Waals surface area contributed by atoms with Gasteiger partial charge >= 0.3 is 11.9 Å². The van der Waals surface area contributed by atoms with E-state index in [0.29, 0.717) is 23.5 Å². The van der Waals surface area contributed by atoms with Crippen molar-refractivity contribution in [1.82, 2.24) is 0 Å². The van der Waals surface area contributed by atoms with Crippen molar-refractivity contribution in [3.63, 3.8) is 0 Å². The van der Waals surface area contributed by atoms with E-state index in [9.17, 15) is 9.59 Å². The zero-order valence-electron chi connectivity index (χ0n) is 13.5. The average Bonchev–Trinajstić information content (AvgIpc) is 3.12. The summed E-state index contributed by atoms with van der Waals surface area (Å²) in [6.07, 6.45) is 5.10. The molecule has 1 aromatic heterocycles. The third kappa shape index (κ3) is 5.01. The zero-order valence-corrected chi connectivity index (χ0v) is 13.5. The van der Waals surface area contributed by atoms with Crippen LogP contribution in [-0.4, -0.2) is 26.2 Å². The van der Waals surface area contributed by atoms with Gasteiger partial charge in [-0.25, -0.2) is 4.79 Å². The Balaban J connectivity index is 2.00. The largest absolute Gasteiger partial charge is 0.493 e. The van der Waals surface area contributed by atoms with Crippen molar-refractivity contribution in [2.45, 2.75) is 12.8 Å². The molecule has 0 fully saturated rings. The topological polar surface area (TPSA) is 75.0 Å². The summed E-state index contributed by atoms with van der Waals surface area (Å²) < 4.78 is 20.2. The number of aryl methyl sites for hydroxylation is 1. The summed E-state index contributed by atoms with van der Waals surface area (Å²) in [7, 11) is 2.78. The second-order valence-corrected chi connectivity index (χ2v) is 4.82. The summed E-state index contributed by atoms with van der Waals surface area (Å²) in [4.78, 5) is 23.0. The van der Waals surface area contributed by atoms with Crippen LogP contribution in [0, 0.1) is 0 Å². The monoisotopic (exact) mass is 330 g/mol. The second-order valence-electron chi connectivity index (χ2n) is 4.82. The number of ether oxygens (including phenoxy) is 3. The Hall–Kier alpha value is -3.02. The van der Waals surface area contributed by atoms with Crippen LogP contribution >= 0.6 is 0 Å². The van der Waals surface area contributed by atoms with E-state index in [1.807, 2.05) is 0 Å². The van der Waals surface area contributed by atoms with Gasteiger partial charge in [-0.3, -0.25) is 4.79 Å². The molecule has 0 aliphatic carbocycles. The third-order valence-corrected chi connectivity index (χ3v) is 3.18. The number of furan rings is 1. The molecule has 0 saturated carbocycles. The van der Waals surface area contributed by atoms with Gasteiger partial charge < -0.3 is 18.6 Å². The molecule has 2 rings (SSSR count). The van der Waals surface area contributed by atoms with Crippen molar-refractivity contribution >= 4 is 18.0 Å². The molecule has 0 amide bonds. The van der Waals surface area contributed by atoms with Gasteiger partial charge in [0.05, 0.1) is 26.9 Å². The smallest absolute Gasteiger partial charge is 0.330 e. The minimum Gasteiger partial charge on any atom is -0.493 e. The van der Waals surface area contributed by atoms with Crippen LogP contribution < -0.4 is 9.47 Å². The fraction of sp³-hybridized carbons (Fsp3) is 0.222. The van der Waals surface area contributed by atoms with Crippen molar-refractivity contribution < 1.29 is 28.2 Å². The first kappa shape index (κ1) is 17.3. The molecule has 2 aromatic rings. The van der Waals surface area contributed by atoms with E-state index < -0.39 is 5.97 Å². The van der Waals surface area contributed by atoms with E-state index in [4.69, 9.17) is 13.9 Å². The Bertz CT molecular complexity index is 715. The van der Waals surface area contributed by atoms with Crippen molar-refractivity contribution in [2.75, 3.05) is 14.2 Å². The maximum atomic E-state index is 11.9. The molecule has 0 unspecified atom stereocenters. The van der Waals surface area contributed by atoms with Crippen LogP contribution in [0.1, 0.15) is 17.7 Å². The summed E-state index contributed by atoms with van der Waals surface area (Å²) >= 11 is 0. The lowest BCUT2D eigenvalue weighted by atomic mass is 10.2. The first-order valence-electron chi connectivity index (χ1n) is 7.29. The van der Waals surface area contributed by atoms with Gasteiger partial charge in [-0.1, -0.05) is 6.07 Å². The predicted octanol–water partition coefficient (Wildman–Crippen LogP) is 3.01. The number of esters is 2. The third-order valence-electron chi connectivity index (χ3n) is 3.18. The molecule has 0 saturated heterocycles. The van der Waals surface area contributed by atoms with Crippen molar-refractivity contribution in [1.29, 1.82) is 0 Å². The number of carbonyl (C=O) groups is 2. The van der Waals surface area contributed by atoms with E-state index in [-0.39, 0.29) is 12.4 Å². The highest BCUT2D eigenvalue weighted by molar-refractivity contribution is 5.87. The van der Waals surface area contributed by atoms with Crippen LogP contribution in [-0.2, 0) is 20.7 Å². The Morgan fingerprint density at radius 2 is 2.00 bits per heavy atom. The van der Waals surface area contributed by atoms with Crippen LogP contribution in [0.4, 0.5) is 0 Å². The van der Waals surface area contributed by atoms with Gasteiger partial charge in [-0.15, -0.1) is 0 Å². The number of carbonyl (C=O) groups excluding carboxylic acids is 2. The normalized spacial score (nSPS) is 10.6. The molecule has 1 heterocycles. The molecular weight excluding hydrogens is 312 g/mol. The fourth-order valence-electron chi connectivity index (χ4n) is 1.96. The van der Waals surface area contributed by atoms with Gasteiger partial charge in [-0.2, -0.15) is 0 Å². The molecular formula is C18H18O6. The molecule has 6 nitrogen and oxygen atoms in total. The SMILES string of the molecule is COC(=O)/C=C/c1ccc(OC(=O)CCc2ccco2)c(OC)c1. The minimum atomic E-state index is -0.456. The molecule has 6 heteroatoms. The highest BCUT2D eigenvalue weighted by Gasteiger charge is 2.11. The Morgan fingerprint density at radius 1 is 1.17 bits per heavy atom. The molecule has 0 atom stereocenters. The minimum absolute atomic E-state index is 0.195. The summed E-state index contributed by atoms with van der Waals surface area (Å²) in [6, 6.07) is 8.55. The molecule has 0 aliphatic heterocycles. The number of hydrogen-bond donors (Lipinski definition) is 0. The first-order valence-corrected chi connectivity index (χ1v) is 7.29. The predicted molar refractivity (Wildman–Crippen MR) is 86.7 cm³/mol. The van der Waals surface area contributed by atoms with Gasteiger partial charge in [0.25, 0.3) is 0 Å². The van der Waals surface area contributed by atoms with E-state index in [1.165, 1.54) is 20.3 Å². The zero-order chi connectivity index (χ0) is 17.4. The van der Waals surface area contributed by atoms with Gasteiger partial charge in [-0.05, 0) is 35.9 Å². The summed E-state index contributed by atoms with van der Waals surface area (Å²) in [5.74, 6) is 0.595. The Kier molecular flexibility index (Phi) is 6.19. The number of benzene rings is 1. The van der Waals surface area contributed by atoms with Crippen LogP contribution in [0.3, 0.4) is 0 Å². The lowest BCUT2D eigenvalue weighted by molar-refractivity contribution is -0.135. The molecule has 24 heavy (non-hydrogen) atoms. The highest BCUT2D eigenvalue weighted by atomic mass is 16.6. The van der Waals surface area contributed by atoms with Gasteiger partial charge in [0.15, 0.2) is 11.5 Å². The summed E-state index contributed by atoms with van der Waals surface area (Å²) in [6.45, 7) is 0. The lowest BCUT2D eigenvalue weighted by Crippen LogP contribution is -2.09. The lowest BCUT2D eigenvalue weighted by Gasteiger charge is -2.09. The average molecular weight is 330 g/mol. The van der Waals surface area contributed by atoms with E-state index in [1.54, 1.807) is 42.7 Å². The van der Waals surface area contributed by atoms with Gasteiger partial charge in [0.1, 0.15) is 5.76 Å². The molecule has 0 aliphatic rings. The highest BCUT2D eigenvalue weighted by Crippen LogP contribution is 2.29. The molecule has 0 spiro atoms. The van der Waals surface area contributed by atoms with Crippen LogP contribution in [0.15, 0.2) is 47.1 Å². The van der Waals surface area contributed by atoms with Crippen molar-refractivity contribution in [3.8, 4) is 11.5 Å². The molecule has 0 radical (unpaired) electrons. The number of methoxy groups -OCH3 is 2. The van der Waals surface area contributed by atoms with E-state index >= 15 is 0 Å². The Morgan fingerprint density at radius 3 is 2.67 bits per heavy atom. The van der Waals surface area contributed by atoms with Crippen LogP contribution in [0.5, 0.6) is 11.5 Å². The molecule has 0 N–H and O–H groups in total. The van der Waals surface area contributed by atoms with Crippen LogP contribution in [0.2, 0.25) is 0 Å². The molecule has 126 valence electrons. The Labute approximate surface area is 139 Å². The van der Waals surface area contributed by atoms with E-state index in [0.717, 1.165) is 5.76 Å². The maximum absolute atomic E-state index is 11.9. The molecule has 0 bridgehead atoms. The standard InChI is InChI=1S/C18H18O6/c1-21-16-12-13(6-9-17(19)22-2)5-8-15(16)24-18(20)10-7-14-4-3-11-23-14/h3-6,8-9,11-12H,7,10H2,1-2H3/b9-6+. The summed E-state index contributed by atoms with van der Waals surface area (Å²) in [5, 5.41) is 0.